The lowest BCUT2D eigenvalue weighted by Crippen LogP contribution is -2.52. The van der Waals surface area contributed by atoms with Crippen molar-refractivity contribution < 1.29 is 0 Å². The summed E-state index contributed by atoms with van der Waals surface area (Å²) in [4.78, 5) is 13.7. The van der Waals surface area contributed by atoms with E-state index in [1.54, 1.807) is 0 Å². The summed E-state index contributed by atoms with van der Waals surface area (Å²) in [5, 5.41) is 2.01. The number of guanidine groups is 1. The maximum atomic E-state index is 4.47. The minimum Gasteiger partial charge on any atom is -0.368 e. The number of benzene rings is 1. The molecule has 0 bridgehead atoms. The number of para-hydroxylation sites is 1. The second-order valence-corrected chi connectivity index (χ2v) is 5.68. The monoisotopic (exact) mass is 296 g/mol. The Morgan fingerprint density at radius 2 is 1.73 bits per heavy atom. The molecule has 1 aromatic rings. The molecule has 114 valence electrons. The van der Waals surface area contributed by atoms with Crippen molar-refractivity contribution in [3.63, 3.8) is 0 Å². The van der Waals surface area contributed by atoms with E-state index in [4.69, 9.17) is 0 Å². The van der Waals surface area contributed by atoms with E-state index in [1.165, 1.54) is 5.69 Å². The number of allylic oxidation sites excluding steroid dienone is 1. The van der Waals surface area contributed by atoms with Crippen LogP contribution < -0.4 is 10.3 Å². The molecular formula is C16H20N6. The van der Waals surface area contributed by atoms with Crippen molar-refractivity contribution in [3.8, 4) is 0 Å². The Hall–Kier alpha value is -2.34. The van der Waals surface area contributed by atoms with Crippen LogP contribution in [0.2, 0.25) is 0 Å². The average molecular weight is 296 g/mol. The molecule has 0 atom stereocenters. The Balaban J connectivity index is 1.48. The maximum absolute atomic E-state index is 4.47. The van der Waals surface area contributed by atoms with Gasteiger partial charge in [-0.25, -0.2) is 20.4 Å². The average Bonchev–Trinajstić information content (AvgIpc) is 3.03. The Labute approximate surface area is 130 Å². The zero-order chi connectivity index (χ0) is 14.9. The fourth-order valence-corrected chi connectivity index (χ4v) is 3.09. The summed E-state index contributed by atoms with van der Waals surface area (Å²) in [6.45, 7) is 6.68. The first kappa shape index (κ1) is 13.3. The van der Waals surface area contributed by atoms with E-state index in [-0.39, 0.29) is 0 Å². The van der Waals surface area contributed by atoms with Gasteiger partial charge in [-0.1, -0.05) is 18.2 Å². The van der Waals surface area contributed by atoms with Gasteiger partial charge in [0.1, 0.15) is 12.5 Å². The van der Waals surface area contributed by atoms with Crippen LogP contribution in [-0.2, 0) is 0 Å². The van der Waals surface area contributed by atoms with Gasteiger partial charge < -0.3 is 9.80 Å². The van der Waals surface area contributed by atoms with Crippen LogP contribution in [0, 0.1) is 0 Å². The Bertz CT molecular complexity index is 640. The molecule has 0 aromatic heterocycles. The molecule has 0 radical (unpaired) electrons. The van der Waals surface area contributed by atoms with Crippen molar-refractivity contribution in [2.75, 3.05) is 37.7 Å². The van der Waals surface area contributed by atoms with Gasteiger partial charge in [0.05, 0.1) is 0 Å². The van der Waals surface area contributed by atoms with Crippen molar-refractivity contribution in [1.29, 1.82) is 0 Å². The Morgan fingerprint density at radius 3 is 2.50 bits per heavy atom. The third kappa shape index (κ3) is 2.35. The quantitative estimate of drug-likeness (QED) is 0.892. The van der Waals surface area contributed by atoms with Crippen LogP contribution in [0.1, 0.15) is 6.92 Å². The van der Waals surface area contributed by atoms with Crippen LogP contribution in [0.25, 0.3) is 0 Å². The molecule has 6 heteroatoms. The van der Waals surface area contributed by atoms with Crippen molar-refractivity contribution in [2.24, 2.45) is 9.98 Å². The zero-order valence-electron chi connectivity index (χ0n) is 12.7. The highest BCUT2D eigenvalue weighted by atomic mass is 15.7. The fourth-order valence-electron chi connectivity index (χ4n) is 3.09. The first-order valence-electron chi connectivity index (χ1n) is 7.71. The molecule has 0 amide bonds. The van der Waals surface area contributed by atoms with Gasteiger partial charge in [0.25, 0.3) is 0 Å². The molecule has 6 nitrogen and oxygen atoms in total. The molecule has 3 heterocycles. The SMILES string of the molecule is CC1=NC2=NCNN2C(N2CCN(c3ccccc3)CC2)=C1. The third-order valence-corrected chi connectivity index (χ3v) is 4.22. The van der Waals surface area contributed by atoms with E-state index in [2.05, 4.69) is 61.6 Å². The number of nitrogens with one attached hydrogen (secondary N) is 1. The van der Waals surface area contributed by atoms with Crippen LogP contribution in [0.15, 0.2) is 52.2 Å². The molecule has 1 aromatic carbocycles. The summed E-state index contributed by atoms with van der Waals surface area (Å²) < 4.78 is 0. The topological polar surface area (TPSA) is 46.5 Å². The highest BCUT2D eigenvalue weighted by molar-refractivity contribution is 6.05. The number of fused-ring (bicyclic) bond motifs is 1. The second kappa shape index (κ2) is 5.46. The number of hydrazine groups is 1. The predicted molar refractivity (Wildman–Crippen MR) is 88.7 cm³/mol. The minimum absolute atomic E-state index is 0.605. The van der Waals surface area contributed by atoms with E-state index >= 15 is 0 Å². The van der Waals surface area contributed by atoms with Crippen LogP contribution >= 0.6 is 0 Å². The third-order valence-electron chi connectivity index (χ3n) is 4.22. The van der Waals surface area contributed by atoms with E-state index in [9.17, 15) is 0 Å². The van der Waals surface area contributed by atoms with Crippen LogP contribution in [0.4, 0.5) is 5.69 Å². The smallest absolute Gasteiger partial charge is 0.243 e. The number of aliphatic imine (C=N–C) groups is 2. The number of hydrogen-bond acceptors (Lipinski definition) is 6. The molecule has 1 saturated heterocycles. The number of hydrogen-bond donors (Lipinski definition) is 1. The molecule has 1 N–H and O–H groups in total. The first-order valence-corrected chi connectivity index (χ1v) is 7.71. The molecular weight excluding hydrogens is 276 g/mol. The van der Waals surface area contributed by atoms with Gasteiger partial charge in [-0.05, 0) is 19.1 Å². The van der Waals surface area contributed by atoms with E-state index < -0.39 is 0 Å². The summed E-state index contributed by atoms with van der Waals surface area (Å²) in [6.07, 6.45) is 2.13. The number of anilines is 1. The molecule has 22 heavy (non-hydrogen) atoms. The predicted octanol–water partition coefficient (Wildman–Crippen LogP) is 1.26. The lowest BCUT2D eigenvalue weighted by molar-refractivity contribution is 0.227. The molecule has 4 rings (SSSR count). The lowest BCUT2D eigenvalue weighted by atomic mass is 10.2. The van der Waals surface area contributed by atoms with Crippen LogP contribution in [-0.4, -0.2) is 54.4 Å². The summed E-state index contributed by atoms with van der Waals surface area (Å²) in [7, 11) is 0. The van der Waals surface area contributed by atoms with Crippen molar-refractivity contribution in [1.82, 2.24) is 15.3 Å². The van der Waals surface area contributed by atoms with Crippen molar-refractivity contribution >= 4 is 17.4 Å². The highest BCUT2D eigenvalue weighted by Crippen LogP contribution is 2.21. The van der Waals surface area contributed by atoms with Crippen LogP contribution in [0.5, 0.6) is 0 Å². The standard InChI is InChI=1S/C16H20N6/c1-13-11-15(22-16(19-13)17-12-18-22)21-9-7-20(8-10-21)14-5-3-2-4-6-14/h2-6,11,18H,7-10,12H2,1H3. The lowest BCUT2D eigenvalue weighted by Gasteiger charge is -2.41. The van der Waals surface area contributed by atoms with Gasteiger partial charge in [0.15, 0.2) is 0 Å². The van der Waals surface area contributed by atoms with Gasteiger partial charge in [-0.3, -0.25) is 0 Å². The summed E-state index contributed by atoms with van der Waals surface area (Å²) >= 11 is 0. The molecule has 0 saturated carbocycles. The van der Waals surface area contributed by atoms with E-state index in [0.717, 1.165) is 43.7 Å². The van der Waals surface area contributed by atoms with Crippen molar-refractivity contribution in [2.45, 2.75) is 6.92 Å². The molecule has 1 fully saturated rings. The molecule has 3 aliphatic rings. The largest absolute Gasteiger partial charge is 0.368 e. The summed E-state index contributed by atoms with van der Waals surface area (Å²) in [5.41, 5.74) is 5.59. The van der Waals surface area contributed by atoms with E-state index in [0.29, 0.717) is 6.67 Å². The number of nitrogens with zero attached hydrogens (tertiary/aromatic N) is 5. The van der Waals surface area contributed by atoms with E-state index in [1.807, 2.05) is 11.9 Å². The zero-order valence-corrected chi connectivity index (χ0v) is 12.7. The summed E-state index contributed by atoms with van der Waals surface area (Å²) in [5.74, 6) is 1.94. The van der Waals surface area contributed by atoms with Crippen LogP contribution in [0.3, 0.4) is 0 Å². The molecule has 0 aliphatic carbocycles. The molecule has 0 spiro atoms. The van der Waals surface area contributed by atoms with Crippen molar-refractivity contribution in [3.05, 3.63) is 42.2 Å². The fraction of sp³-hybridized carbons (Fsp3) is 0.375. The number of rotatable bonds is 2. The first-order chi connectivity index (χ1) is 10.8. The Kier molecular flexibility index (Phi) is 3.31. The summed E-state index contributed by atoms with van der Waals surface area (Å²) in [6, 6.07) is 10.6. The van der Waals surface area contributed by atoms with Gasteiger partial charge in [-0.15, -0.1) is 0 Å². The Morgan fingerprint density at radius 1 is 1.00 bits per heavy atom. The number of piperazine rings is 1. The van der Waals surface area contributed by atoms with Gasteiger partial charge >= 0.3 is 0 Å². The highest BCUT2D eigenvalue weighted by Gasteiger charge is 2.29. The van der Waals surface area contributed by atoms with Gasteiger partial charge in [0.2, 0.25) is 5.96 Å². The van der Waals surface area contributed by atoms with Gasteiger partial charge in [-0.2, -0.15) is 0 Å². The molecule has 3 aliphatic heterocycles. The second-order valence-electron chi connectivity index (χ2n) is 5.68. The normalized spacial score (nSPS) is 21.3. The minimum atomic E-state index is 0.605. The van der Waals surface area contributed by atoms with Gasteiger partial charge in [0, 0.05) is 43.7 Å². The maximum Gasteiger partial charge on any atom is 0.243 e. The molecule has 0 unspecified atom stereocenters.